The van der Waals surface area contributed by atoms with E-state index in [0.29, 0.717) is 24.9 Å². The van der Waals surface area contributed by atoms with Crippen molar-refractivity contribution in [2.24, 2.45) is 5.92 Å². The van der Waals surface area contributed by atoms with Gasteiger partial charge < -0.3 is 9.52 Å². The van der Waals surface area contributed by atoms with Crippen LogP contribution in [-0.2, 0) is 17.8 Å². The molecule has 0 saturated carbocycles. The molecule has 1 saturated heterocycles. The van der Waals surface area contributed by atoms with Gasteiger partial charge in [-0.1, -0.05) is 6.92 Å². The van der Waals surface area contributed by atoms with Crippen LogP contribution in [0.1, 0.15) is 31.5 Å². The van der Waals surface area contributed by atoms with Crippen molar-refractivity contribution in [3.8, 4) is 0 Å². The molecule has 1 unspecified atom stereocenters. The normalized spacial score (nSPS) is 21.6. The maximum Gasteiger partial charge on any atom is 0.307 e. The third-order valence-corrected chi connectivity index (χ3v) is 3.02. The molecule has 1 aromatic rings. The summed E-state index contributed by atoms with van der Waals surface area (Å²) in [5, 5.41) is 16.8. The van der Waals surface area contributed by atoms with Crippen molar-refractivity contribution in [2.45, 2.75) is 32.7 Å². The molecule has 1 atom stereocenters. The molecule has 0 amide bonds. The lowest BCUT2D eigenvalue weighted by atomic mass is 9.98. The summed E-state index contributed by atoms with van der Waals surface area (Å²) in [4.78, 5) is 13.0. The molecule has 17 heavy (non-hydrogen) atoms. The minimum Gasteiger partial charge on any atom is -0.481 e. The van der Waals surface area contributed by atoms with E-state index >= 15 is 0 Å². The minimum atomic E-state index is -0.713. The van der Waals surface area contributed by atoms with E-state index in [2.05, 4.69) is 15.1 Å². The molecular weight excluding hydrogens is 222 g/mol. The minimum absolute atomic E-state index is 0.266. The molecule has 1 fully saturated rings. The summed E-state index contributed by atoms with van der Waals surface area (Å²) >= 11 is 0. The smallest absolute Gasteiger partial charge is 0.307 e. The first-order chi connectivity index (χ1) is 8.19. The highest BCUT2D eigenvalue weighted by Crippen LogP contribution is 2.18. The van der Waals surface area contributed by atoms with Gasteiger partial charge in [0.05, 0.1) is 12.5 Å². The molecular formula is C11H17N3O3. The molecule has 1 aromatic heterocycles. The Morgan fingerprint density at radius 2 is 2.29 bits per heavy atom. The number of hydrogen-bond acceptors (Lipinski definition) is 5. The monoisotopic (exact) mass is 239 g/mol. The molecule has 2 rings (SSSR count). The molecule has 0 aromatic carbocycles. The van der Waals surface area contributed by atoms with Gasteiger partial charge in [-0.2, -0.15) is 0 Å². The van der Waals surface area contributed by atoms with E-state index in [1.807, 2.05) is 6.92 Å². The molecule has 0 aliphatic carbocycles. The number of nitrogens with zero attached hydrogens (tertiary/aromatic N) is 3. The van der Waals surface area contributed by atoms with Crippen molar-refractivity contribution in [1.82, 2.24) is 15.1 Å². The zero-order valence-corrected chi connectivity index (χ0v) is 9.93. The summed E-state index contributed by atoms with van der Waals surface area (Å²) < 4.78 is 5.42. The molecule has 0 spiro atoms. The van der Waals surface area contributed by atoms with Gasteiger partial charge in [0.25, 0.3) is 0 Å². The predicted molar refractivity (Wildman–Crippen MR) is 59.3 cm³/mol. The van der Waals surface area contributed by atoms with Crippen molar-refractivity contribution in [1.29, 1.82) is 0 Å². The van der Waals surface area contributed by atoms with Crippen LogP contribution in [0.2, 0.25) is 0 Å². The molecule has 6 nitrogen and oxygen atoms in total. The summed E-state index contributed by atoms with van der Waals surface area (Å²) in [6.45, 7) is 3.97. The third kappa shape index (κ3) is 3.03. The highest BCUT2D eigenvalue weighted by Gasteiger charge is 2.26. The second-order valence-electron chi connectivity index (χ2n) is 4.36. The van der Waals surface area contributed by atoms with Gasteiger partial charge in [-0.3, -0.25) is 9.69 Å². The highest BCUT2D eigenvalue weighted by molar-refractivity contribution is 5.70. The zero-order chi connectivity index (χ0) is 12.3. The first kappa shape index (κ1) is 12.0. The van der Waals surface area contributed by atoms with Crippen LogP contribution in [0.5, 0.6) is 0 Å². The molecule has 0 radical (unpaired) electrons. The van der Waals surface area contributed by atoms with Gasteiger partial charge in [0.2, 0.25) is 11.8 Å². The summed E-state index contributed by atoms with van der Waals surface area (Å²) in [5.74, 6) is 0.228. The second-order valence-corrected chi connectivity index (χ2v) is 4.36. The van der Waals surface area contributed by atoms with Gasteiger partial charge >= 0.3 is 5.97 Å². The van der Waals surface area contributed by atoms with E-state index in [1.54, 1.807) is 0 Å². The third-order valence-electron chi connectivity index (χ3n) is 3.02. The topological polar surface area (TPSA) is 79.5 Å². The van der Waals surface area contributed by atoms with Crippen LogP contribution in [0.3, 0.4) is 0 Å². The van der Waals surface area contributed by atoms with E-state index in [9.17, 15) is 4.79 Å². The molecule has 1 aliphatic heterocycles. The van der Waals surface area contributed by atoms with Crippen LogP contribution in [0.4, 0.5) is 0 Å². The number of carbonyl (C=O) groups is 1. The lowest BCUT2D eigenvalue weighted by Gasteiger charge is -2.29. The van der Waals surface area contributed by atoms with Crippen molar-refractivity contribution < 1.29 is 14.3 Å². The number of aryl methyl sites for hydroxylation is 1. The number of hydrogen-bond donors (Lipinski definition) is 1. The van der Waals surface area contributed by atoms with Crippen molar-refractivity contribution in [3.63, 3.8) is 0 Å². The van der Waals surface area contributed by atoms with Gasteiger partial charge in [-0.15, -0.1) is 10.2 Å². The van der Waals surface area contributed by atoms with Crippen LogP contribution in [0, 0.1) is 5.92 Å². The largest absolute Gasteiger partial charge is 0.481 e. The Kier molecular flexibility index (Phi) is 3.73. The highest BCUT2D eigenvalue weighted by atomic mass is 16.4. The van der Waals surface area contributed by atoms with Crippen LogP contribution in [0.15, 0.2) is 4.42 Å². The summed E-state index contributed by atoms with van der Waals surface area (Å²) in [5.41, 5.74) is 0. The lowest BCUT2D eigenvalue weighted by Crippen LogP contribution is -2.38. The lowest BCUT2D eigenvalue weighted by molar-refractivity contribution is -0.143. The van der Waals surface area contributed by atoms with Gasteiger partial charge in [0.1, 0.15) is 0 Å². The quantitative estimate of drug-likeness (QED) is 0.842. The van der Waals surface area contributed by atoms with Crippen LogP contribution >= 0.6 is 0 Å². The van der Waals surface area contributed by atoms with Crippen molar-refractivity contribution in [3.05, 3.63) is 11.8 Å². The molecule has 1 N–H and O–H groups in total. The summed E-state index contributed by atoms with van der Waals surface area (Å²) in [6, 6.07) is 0. The van der Waals surface area contributed by atoms with E-state index in [0.717, 1.165) is 25.8 Å². The Morgan fingerprint density at radius 3 is 2.94 bits per heavy atom. The molecule has 6 heteroatoms. The average Bonchev–Trinajstić information content (AvgIpc) is 2.77. The maximum atomic E-state index is 10.9. The Balaban J connectivity index is 1.92. The van der Waals surface area contributed by atoms with Crippen molar-refractivity contribution in [2.75, 3.05) is 13.1 Å². The van der Waals surface area contributed by atoms with Gasteiger partial charge in [-0.25, -0.2) is 0 Å². The van der Waals surface area contributed by atoms with Crippen LogP contribution < -0.4 is 0 Å². The number of carboxylic acids is 1. The number of piperidine rings is 1. The van der Waals surface area contributed by atoms with Crippen molar-refractivity contribution >= 4 is 5.97 Å². The Hall–Kier alpha value is -1.43. The summed E-state index contributed by atoms with van der Waals surface area (Å²) in [6.07, 6.45) is 2.40. The van der Waals surface area contributed by atoms with E-state index in [1.165, 1.54) is 0 Å². The fraction of sp³-hybridized carbons (Fsp3) is 0.727. The zero-order valence-electron chi connectivity index (χ0n) is 9.93. The van der Waals surface area contributed by atoms with E-state index < -0.39 is 5.97 Å². The standard InChI is InChI=1S/C11H17N3O3/c1-2-9-12-13-10(17-9)7-14-5-3-4-8(6-14)11(15)16/h8H,2-7H2,1H3,(H,15,16). The van der Waals surface area contributed by atoms with E-state index in [4.69, 9.17) is 9.52 Å². The second kappa shape index (κ2) is 5.27. The van der Waals surface area contributed by atoms with Gasteiger partial charge in [-0.05, 0) is 19.4 Å². The first-order valence-electron chi connectivity index (χ1n) is 5.95. The number of carboxylic acid groups (broad SMARTS) is 1. The number of likely N-dealkylation sites (tertiary alicyclic amines) is 1. The first-order valence-corrected chi connectivity index (χ1v) is 5.95. The average molecular weight is 239 g/mol. The number of aliphatic carboxylic acids is 1. The predicted octanol–water partition coefficient (Wildman–Crippen LogP) is 0.929. The Labute approximate surface area is 99.6 Å². The fourth-order valence-electron chi connectivity index (χ4n) is 2.09. The van der Waals surface area contributed by atoms with Gasteiger partial charge in [0, 0.05) is 13.0 Å². The van der Waals surface area contributed by atoms with Crippen LogP contribution in [-0.4, -0.2) is 39.3 Å². The van der Waals surface area contributed by atoms with E-state index in [-0.39, 0.29) is 5.92 Å². The number of rotatable bonds is 4. The Bertz CT molecular complexity index is 391. The molecule has 2 heterocycles. The maximum absolute atomic E-state index is 10.9. The Morgan fingerprint density at radius 1 is 1.53 bits per heavy atom. The van der Waals surface area contributed by atoms with Crippen LogP contribution in [0.25, 0.3) is 0 Å². The fourth-order valence-corrected chi connectivity index (χ4v) is 2.09. The molecule has 94 valence electrons. The number of aromatic nitrogens is 2. The summed E-state index contributed by atoms with van der Waals surface area (Å²) in [7, 11) is 0. The molecule has 1 aliphatic rings. The molecule has 0 bridgehead atoms. The SMILES string of the molecule is CCc1nnc(CN2CCCC(C(=O)O)C2)o1. The van der Waals surface area contributed by atoms with Gasteiger partial charge in [0.15, 0.2) is 0 Å².